The molecule has 0 aromatic heterocycles. The van der Waals surface area contributed by atoms with Crippen molar-refractivity contribution in [1.82, 2.24) is 0 Å². The number of hydrogen-bond donors (Lipinski definition) is 1. The second-order valence-corrected chi connectivity index (χ2v) is 9.23. The van der Waals surface area contributed by atoms with E-state index in [1.807, 2.05) is 6.92 Å². The number of carbonyl (C=O) groups excluding carboxylic acids is 1. The molecule has 0 aromatic carbocycles. The van der Waals surface area contributed by atoms with Gasteiger partial charge in [0.05, 0.1) is 6.10 Å². The zero-order chi connectivity index (χ0) is 19.1. The smallest absolute Gasteiger partial charge is 0.133 e. The first-order chi connectivity index (χ1) is 12.0. The van der Waals surface area contributed by atoms with Crippen LogP contribution in [0.4, 0.5) is 0 Å². The Morgan fingerprint density at radius 3 is 2.65 bits per heavy atom. The van der Waals surface area contributed by atoms with E-state index in [0.29, 0.717) is 5.92 Å². The predicted octanol–water partition coefficient (Wildman–Crippen LogP) is 4.60. The molecule has 0 amide bonds. The van der Waals surface area contributed by atoms with Gasteiger partial charge >= 0.3 is 0 Å². The minimum Gasteiger partial charge on any atom is -0.393 e. The molecule has 4 aliphatic rings. The second kappa shape index (κ2) is 5.31. The van der Waals surface area contributed by atoms with E-state index < -0.39 is 17.7 Å². The number of hydrogen-bond acceptors (Lipinski definition) is 2. The number of fused-ring (bicyclic) bond motifs is 5. The standard InChI is InChI=1S/C21H34O2/c1-13(22)17-6-7-18-16-5-4-14-12-15(23)8-10-20(14,2)19(16)9-11-21(17,18)3/h14-19,23H,4-12H2,1-3H3/t14-,15-,16+,17?,18+,19+,20+,21-/m1/s1/i11D2,19D. The maximum Gasteiger partial charge on any atom is 0.133 e. The lowest BCUT2D eigenvalue weighted by Gasteiger charge is -2.60. The van der Waals surface area contributed by atoms with Gasteiger partial charge in [-0.1, -0.05) is 13.8 Å². The van der Waals surface area contributed by atoms with E-state index in [2.05, 4.69) is 6.92 Å². The number of ketones is 1. The van der Waals surface area contributed by atoms with Crippen LogP contribution in [0.3, 0.4) is 0 Å². The topological polar surface area (TPSA) is 37.3 Å². The molecule has 2 heteroatoms. The van der Waals surface area contributed by atoms with Gasteiger partial charge in [0, 0.05) is 10.0 Å². The predicted molar refractivity (Wildman–Crippen MR) is 91.9 cm³/mol. The highest BCUT2D eigenvalue weighted by atomic mass is 16.3. The van der Waals surface area contributed by atoms with Gasteiger partial charge in [-0.05, 0) is 99.1 Å². The lowest BCUT2D eigenvalue weighted by atomic mass is 9.44. The molecule has 1 N–H and O–H groups in total. The fourth-order valence-corrected chi connectivity index (χ4v) is 6.98. The van der Waals surface area contributed by atoms with Crippen LogP contribution in [0.25, 0.3) is 0 Å². The summed E-state index contributed by atoms with van der Waals surface area (Å²) in [5.41, 5.74) is -0.858. The lowest BCUT2D eigenvalue weighted by Crippen LogP contribution is -2.54. The van der Waals surface area contributed by atoms with E-state index in [-0.39, 0.29) is 41.5 Å². The van der Waals surface area contributed by atoms with Crippen molar-refractivity contribution in [2.24, 2.45) is 40.4 Å². The third-order valence-corrected chi connectivity index (χ3v) is 8.36. The Morgan fingerprint density at radius 1 is 1.13 bits per heavy atom. The van der Waals surface area contributed by atoms with Crippen molar-refractivity contribution in [1.29, 1.82) is 0 Å². The Morgan fingerprint density at radius 2 is 1.91 bits per heavy atom. The fourth-order valence-electron chi connectivity index (χ4n) is 6.98. The van der Waals surface area contributed by atoms with E-state index in [0.717, 1.165) is 44.9 Å². The van der Waals surface area contributed by atoms with Crippen molar-refractivity contribution in [3.8, 4) is 0 Å². The normalized spacial score (nSPS) is 63.0. The van der Waals surface area contributed by atoms with Crippen LogP contribution in [-0.4, -0.2) is 17.0 Å². The molecule has 1 unspecified atom stereocenters. The summed E-state index contributed by atoms with van der Waals surface area (Å²) in [7, 11) is 0. The molecule has 23 heavy (non-hydrogen) atoms. The van der Waals surface area contributed by atoms with E-state index in [9.17, 15) is 11.3 Å². The monoisotopic (exact) mass is 321 g/mol. The van der Waals surface area contributed by atoms with Crippen molar-refractivity contribution in [3.05, 3.63) is 0 Å². The summed E-state index contributed by atoms with van der Waals surface area (Å²) in [6, 6.07) is 0. The third kappa shape index (κ3) is 2.19. The van der Waals surface area contributed by atoms with E-state index in [1.54, 1.807) is 6.92 Å². The first-order valence-electron chi connectivity index (χ1n) is 11.2. The highest BCUT2D eigenvalue weighted by Crippen LogP contribution is 2.67. The average Bonchev–Trinajstić information content (AvgIpc) is 2.88. The maximum atomic E-state index is 12.3. The Balaban J connectivity index is 1.78. The minimum atomic E-state index is -1.50. The molecule has 0 heterocycles. The van der Waals surface area contributed by atoms with Gasteiger partial charge in [0.15, 0.2) is 0 Å². The quantitative estimate of drug-likeness (QED) is 0.766. The number of rotatable bonds is 1. The molecular formula is C21H34O2. The van der Waals surface area contributed by atoms with Gasteiger partial charge in [-0.15, -0.1) is 0 Å². The molecule has 4 saturated carbocycles. The van der Waals surface area contributed by atoms with E-state index in [1.165, 1.54) is 0 Å². The van der Waals surface area contributed by atoms with Gasteiger partial charge in [-0.3, -0.25) is 4.79 Å². The lowest BCUT2D eigenvalue weighted by molar-refractivity contribution is -0.138. The molecule has 0 aromatic rings. The second-order valence-electron chi connectivity index (χ2n) is 9.23. The number of Topliss-reactive ketones (excluding diaryl/α,β-unsaturated/α-hetero) is 1. The van der Waals surface area contributed by atoms with E-state index in [4.69, 9.17) is 2.74 Å². The Labute approximate surface area is 145 Å². The third-order valence-electron chi connectivity index (χ3n) is 8.36. The summed E-state index contributed by atoms with van der Waals surface area (Å²) in [6.07, 6.45) is 4.48. The van der Waals surface area contributed by atoms with Crippen LogP contribution >= 0.6 is 0 Å². The van der Waals surface area contributed by atoms with Crippen LogP contribution in [0, 0.1) is 40.4 Å². The van der Waals surface area contributed by atoms with Crippen LogP contribution in [0.15, 0.2) is 0 Å². The molecular weight excluding hydrogens is 284 g/mol. The van der Waals surface area contributed by atoms with Crippen molar-refractivity contribution in [2.75, 3.05) is 0 Å². The summed E-state index contributed by atoms with van der Waals surface area (Å²) in [5, 5.41) is 10.2. The van der Waals surface area contributed by atoms with Crippen molar-refractivity contribution >= 4 is 5.78 Å². The summed E-state index contributed by atoms with van der Waals surface area (Å²) in [6.45, 7) is 5.84. The van der Waals surface area contributed by atoms with Crippen molar-refractivity contribution in [3.63, 3.8) is 0 Å². The van der Waals surface area contributed by atoms with Gasteiger partial charge in [-0.2, -0.15) is 0 Å². The summed E-state index contributed by atoms with van der Waals surface area (Å²) >= 11 is 0. The van der Waals surface area contributed by atoms with Crippen LogP contribution in [0.1, 0.15) is 82.6 Å². The molecule has 0 radical (unpaired) electrons. The molecule has 0 aliphatic heterocycles. The molecule has 0 spiro atoms. The summed E-state index contributed by atoms with van der Waals surface area (Å²) in [4.78, 5) is 12.3. The highest BCUT2D eigenvalue weighted by Gasteiger charge is 2.60. The molecule has 4 rings (SSSR count). The Kier molecular flexibility index (Phi) is 2.98. The van der Waals surface area contributed by atoms with Crippen LogP contribution in [0.5, 0.6) is 0 Å². The fraction of sp³-hybridized carbons (Fsp3) is 0.952. The molecule has 2 nitrogen and oxygen atoms in total. The number of aliphatic hydroxyl groups excluding tert-OH is 1. The van der Waals surface area contributed by atoms with Crippen LogP contribution in [0.2, 0.25) is 0 Å². The average molecular weight is 322 g/mol. The largest absolute Gasteiger partial charge is 0.393 e. The van der Waals surface area contributed by atoms with Gasteiger partial charge in [0.2, 0.25) is 0 Å². The number of carbonyl (C=O) groups is 1. The summed E-state index contributed by atoms with van der Waals surface area (Å²) in [5.74, 6) is -0.234. The van der Waals surface area contributed by atoms with Crippen molar-refractivity contribution in [2.45, 2.75) is 84.6 Å². The Bertz CT molecular complexity index is 622. The number of aliphatic hydroxyl groups is 1. The molecule has 0 saturated heterocycles. The summed E-state index contributed by atoms with van der Waals surface area (Å²) < 4.78 is 27.6. The van der Waals surface area contributed by atoms with E-state index >= 15 is 0 Å². The van der Waals surface area contributed by atoms with Gasteiger partial charge in [0.25, 0.3) is 0 Å². The maximum absolute atomic E-state index is 12.3. The first-order valence-corrected chi connectivity index (χ1v) is 9.66. The zero-order valence-corrected chi connectivity index (χ0v) is 14.9. The molecule has 4 fully saturated rings. The van der Waals surface area contributed by atoms with Crippen LogP contribution < -0.4 is 0 Å². The molecule has 4 aliphatic carbocycles. The zero-order valence-electron chi connectivity index (χ0n) is 17.9. The highest BCUT2D eigenvalue weighted by molar-refractivity contribution is 5.79. The first kappa shape index (κ1) is 12.9. The molecule has 0 bridgehead atoms. The van der Waals surface area contributed by atoms with Crippen molar-refractivity contribution < 1.29 is 14.0 Å². The van der Waals surface area contributed by atoms with Crippen LogP contribution in [-0.2, 0) is 4.79 Å². The molecule has 8 atom stereocenters. The van der Waals surface area contributed by atoms with Gasteiger partial charge in [-0.25, -0.2) is 0 Å². The minimum absolute atomic E-state index is 0.122. The van der Waals surface area contributed by atoms with Gasteiger partial charge < -0.3 is 5.11 Å². The SMILES string of the molecule is [2H]C1([2H])C[C@@]2([2H])[C@@H](CC[C@@H]3C[C@H](O)CC[C@@]32C)[C@@H]2CCC(C(C)=O)[C@]21C. The Hall–Kier alpha value is -0.370. The molecule has 130 valence electrons. The van der Waals surface area contributed by atoms with Gasteiger partial charge in [0.1, 0.15) is 5.78 Å².